The molecule has 1 saturated carbocycles. The van der Waals surface area contributed by atoms with E-state index < -0.39 is 0 Å². The van der Waals surface area contributed by atoms with E-state index in [4.69, 9.17) is 0 Å². The largest absolute Gasteiger partial charge is 0.308 e. The molecule has 0 bridgehead atoms. The van der Waals surface area contributed by atoms with Crippen molar-refractivity contribution in [2.45, 2.75) is 38.8 Å². The normalized spacial score (nSPS) is 14.9. The second-order valence-electron chi connectivity index (χ2n) is 4.67. The van der Waals surface area contributed by atoms with Crippen molar-refractivity contribution in [1.29, 1.82) is 0 Å². The Bertz CT molecular complexity index is 531. The first-order chi connectivity index (χ1) is 8.86. The minimum atomic E-state index is 0.722. The average Bonchev–Trinajstić information content (AvgIpc) is 3.13. The van der Waals surface area contributed by atoms with Crippen LogP contribution >= 0.6 is 11.3 Å². The minimum absolute atomic E-state index is 0.722. The fourth-order valence-electron chi connectivity index (χ4n) is 1.99. The summed E-state index contributed by atoms with van der Waals surface area (Å²) < 4.78 is 0. The van der Waals surface area contributed by atoms with Crippen molar-refractivity contribution in [3.63, 3.8) is 0 Å². The highest BCUT2D eigenvalue weighted by Gasteiger charge is 2.20. The first-order valence-electron chi connectivity index (χ1n) is 6.51. The van der Waals surface area contributed by atoms with Crippen LogP contribution in [0.4, 0.5) is 0 Å². The third kappa shape index (κ3) is 2.60. The zero-order valence-corrected chi connectivity index (χ0v) is 11.3. The van der Waals surface area contributed by atoms with Gasteiger partial charge in [-0.1, -0.05) is 42.5 Å². The maximum absolute atomic E-state index is 4.32. The molecule has 1 heterocycles. The lowest BCUT2D eigenvalue weighted by Crippen LogP contribution is -2.14. The molecule has 1 aromatic heterocycles. The first kappa shape index (κ1) is 11.8. The molecule has 0 saturated heterocycles. The van der Waals surface area contributed by atoms with Crippen LogP contribution < -0.4 is 5.32 Å². The quantitative estimate of drug-likeness (QED) is 0.897. The lowest BCUT2D eigenvalue weighted by Gasteiger charge is -2.02. The molecule has 1 N–H and O–H groups in total. The van der Waals surface area contributed by atoms with E-state index in [0.717, 1.165) is 29.0 Å². The SMILES string of the molecule is CCc1ccccc1-c1nnc(CNC2CC2)s1. The Balaban J connectivity index is 1.78. The molecule has 2 aromatic rings. The number of rotatable bonds is 5. The lowest BCUT2D eigenvalue weighted by atomic mass is 10.1. The Kier molecular flexibility index (Phi) is 3.39. The van der Waals surface area contributed by atoms with Gasteiger partial charge in [0.25, 0.3) is 0 Å². The summed E-state index contributed by atoms with van der Waals surface area (Å²) in [5.74, 6) is 0. The molecule has 18 heavy (non-hydrogen) atoms. The summed E-state index contributed by atoms with van der Waals surface area (Å²) in [6.07, 6.45) is 3.65. The second kappa shape index (κ2) is 5.16. The van der Waals surface area contributed by atoms with Crippen molar-refractivity contribution in [3.8, 4) is 10.6 Å². The van der Waals surface area contributed by atoms with E-state index >= 15 is 0 Å². The zero-order valence-electron chi connectivity index (χ0n) is 10.5. The molecule has 0 aliphatic heterocycles. The smallest absolute Gasteiger partial charge is 0.148 e. The van der Waals surface area contributed by atoms with Crippen molar-refractivity contribution < 1.29 is 0 Å². The predicted octanol–water partition coefficient (Wildman–Crippen LogP) is 3.02. The van der Waals surface area contributed by atoms with Gasteiger partial charge in [0.2, 0.25) is 0 Å². The Morgan fingerprint density at radius 3 is 2.89 bits per heavy atom. The van der Waals surface area contributed by atoms with Crippen molar-refractivity contribution in [2.24, 2.45) is 0 Å². The van der Waals surface area contributed by atoms with Crippen LogP contribution in [0.1, 0.15) is 30.3 Å². The van der Waals surface area contributed by atoms with E-state index in [0.29, 0.717) is 0 Å². The Hall–Kier alpha value is -1.26. The van der Waals surface area contributed by atoms with Crippen molar-refractivity contribution >= 4 is 11.3 Å². The molecule has 3 rings (SSSR count). The molecular weight excluding hydrogens is 242 g/mol. The third-order valence-electron chi connectivity index (χ3n) is 3.21. The predicted molar refractivity (Wildman–Crippen MR) is 74.6 cm³/mol. The van der Waals surface area contributed by atoms with Crippen LogP contribution in [0.2, 0.25) is 0 Å². The second-order valence-corrected chi connectivity index (χ2v) is 5.73. The van der Waals surface area contributed by atoms with Gasteiger partial charge in [0, 0.05) is 18.2 Å². The number of hydrogen-bond donors (Lipinski definition) is 1. The van der Waals surface area contributed by atoms with Crippen molar-refractivity contribution in [2.75, 3.05) is 0 Å². The molecule has 1 aliphatic rings. The summed E-state index contributed by atoms with van der Waals surface area (Å²) in [5, 5.41) is 14.2. The molecule has 1 aromatic carbocycles. The van der Waals surface area contributed by atoms with Gasteiger partial charge in [-0.25, -0.2) is 0 Å². The van der Waals surface area contributed by atoms with Crippen molar-refractivity contribution in [3.05, 3.63) is 34.8 Å². The maximum atomic E-state index is 4.32. The summed E-state index contributed by atoms with van der Waals surface area (Å²) in [4.78, 5) is 0. The molecule has 4 heteroatoms. The van der Waals surface area contributed by atoms with E-state index in [1.165, 1.54) is 24.0 Å². The van der Waals surface area contributed by atoms with Crippen LogP contribution in [-0.4, -0.2) is 16.2 Å². The van der Waals surface area contributed by atoms with E-state index in [1.807, 2.05) is 0 Å². The number of nitrogens with one attached hydrogen (secondary N) is 1. The van der Waals surface area contributed by atoms with E-state index in [2.05, 4.69) is 46.7 Å². The van der Waals surface area contributed by atoms with Crippen LogP contribution in [0.5, 0.6) is 0 Å². The van der Waals surface area contributed by atoms with Gasteiger partial charge in [-0.2, -0.15) is 0 Å². The lowest BCUT2D eigenvalue weighted by molar-refractivity contribution is 0.679. The van der Waals surface area contributed by atoms with Gasteiger partial charge >= 0.3 is 0 Å². The third-order valence-corrected chi connectivity index (χ3v) is 4.17. The molecule has 0 radical (unpaired) electrons. The average molecular weight is 259 g/mol. The summed E-state index contributed by atoms with van der Waals surface area (Å²) >= 11 is 1.70. The van der Waals surface area contributed by atoms with Crippen LogP contribution in [-0.2, 0) is 13.0 Å². The zero-order chi connectivity index (χ0) is 12.4. The van der Waals surface area contributed by atoms with Gasteiger partial charge in [-0.05, 0) is 24.8 Å². The molecule has 1 fully saturated rings. The highest BCUT2D eigenvalue weighted by Crippen LogP contribution is 2.27. The van der Waals surface area contributed by atoms with Crippen LogP contribution in [0.3, 0.4) is 0 Å². The number of aromatic nitrogens is 2. The molecule has 0 amide bonds. The molecule has 1 aliphatic carbocycles. The molecule has 3 nitrogen and oxygen atoms in total. The van der Waals surface area contributed by atoms with Gasteiger partial charge in [0.05, 0.1) is 0 Å². The fourth-order valence-corrected chi connectivity index (χ4v) is 2.84. The summed E-state index contributed by atoms with van der Waals surface area (Å²) in [7, 11) is 0. The van der Waals surface area contributed by atoms with E-state index in [9.17, 15) is 0 Å². The first-order valence-corrected chi connectivity index (χ1v) is 7.32. The van der Waals surface area contributed by atoms with Gasteiger partial charge in [0.1, 0.15) is 10.0 Å². The molecule has 0 unspecified atom stereocenters. The monoisotopic (exact) mass is 259 g/mol. The van der Waals surface area contributed by atoms with Crippen molar-refractivity contribution in [1.82, 2.24) is 15.5 Å². The highest BCUT2D eigenvalue weighted by molar-refractivity contribution is 7.14. The van der Waals surface area contributed by atoms with Gasteiger partial charge in [-0.3, -0.25) is 0 Å². The van der Waals surface area contributed by atoms with Crippen LogP contribution in [0, 0.1) is 0 Å². The highest BCUT2D eigenvalue weighted by atomic mass is 32.1. The Labute approximate surface area is 111 Å². The maximum Gasteiger partial charge on any atom is 0.148 e. The molecular formula is C14H17N3S. The fraction of sp³-hybridized carbons (Fsp3) is 0.429. The van der Waals surface area contributed by atoms with Gasteiger partial charge < -0.3 is 5.32 Å². The minimum Gasteiger partial charge on any atom is -0.308 e. The number of benzene rings is 1. The number of hydrogen-bond acceptors (Lipinski definition) is 4. The standard InChI is InChI=1S/C14H17N3S/c1-2-10-5-3-4-6-12(10)14-17-16-13(18-14)9-15-11-7-8-11/h3-6,11,15H,2,7-9H2,1H3. The van der Waals surface area contributed by atoms with Gasteiger partial charge in [0.15, 0.2) is 0 Å². The number of nitrogens with zero attached hydrogens (tertiary/aromatic N) is 2. The topological polar surface area (TPSA) is 37.8 Å². The summed E-state index contributed by atoms with van der Waals surface area (Å²) in [6, 6.07) is 9.17. The molecule has 0 atom stereocenters. The molecule has 0 spiro atoms. The molecule has 94 valence electrons. The van der Waals surface area contributed by atoms with E-state index in [-0.39, 0.29) is 0 Å². The Morgan fingerprint density at radius 1 is 1.28 bits per heavy atom. The Morgan fingerprint density at radius 2 is 2.11 bits per heavy atom. The van der Waals surface area contributed by atoms with Crippen LogP contribution in [0.25, 0.3) is 10.6 Å². The summed E-state index contributed by atoms with van der Waals surface area (Å²) in [6.45, 7) is 3.03. The summed E-state index contributed by atoms with van der Waals surface area (Å²) in [5.41, 5.74) is 2.57. The number of aryl methyl sites for hydroxylation is 1. The van der Waals surface area contributed by atoms with Crippen LogP contribution in [0.15, 0.2) is 24.3 Å². The van der Waals surface area contributed by atoms with Gasteiger partial charge in [-0.15, -0.1) is 10.2 Å². The van der Waals surface area contributed by atoms with E-state index in [1.54, 1.807) is 11.3 Å².